The summed E-state index contributed by atoms with van der Waals surface area (Å²) < 4.78 is 5.86. The summed E-state index contributed by atoms with van der Waals surface area (Å²) in [6.07, 6.45) is 1.24. The molecule has 10 heteroatoms. The van der Waals surface area contributed by atoms with Crippen molar-refractivity contribution in [2.24, 2.45) is 5.10 Å². The number of amides is 2. The molecule has 0 aliphatic rings. The fourth-order valence-electron chi connectivity index (χ4n) is 1.78. The number of para-hydroxylation sites is 1. The molecule has 1 aromatic carbocycles. The minimum atomic E-state index is -0.562. The number of carbonyl (C=O) groups excluding carboxylic acids is 2. The quantitative estimate of drug-likeness (QED) is 0.454. The van der Waals surface area contributed by atoms with E-state index in [1.807, 2.05) is 6.07 Å². The van der Waals surface area contributed by atoms with Gasteiger partial charge in [-0.25, -0.2) is 10.2 Å². The second kappa shape index (κ2) is 9.00. The van der Waals surface area contributed by atoms with E-state index in [-0.39, 0.29) is 18.3 Å². The predicted octanol–water partition coefficient (Wildman–Crippen LogP) is 2.28. The van der Waals surface area contributed by atoms with Gasteiger partial charge in [0.05, 0.1) is 17.7 Å². The van der Waals surface area contributed by atoms with E-state index in [2.05, 4.69) is 15.8 Å². The van der Waals surface area contributed by atoms with E-state index in [1.54, 1.807) is 31.2 Å². The molecule has 0 atom stereocenters. The number of ether oxygens (including phenoxy) is 1. The van der Waals surface area contributed by atoms with Crippen LogP contribution in [0.1, 0.15) is 11.8 Å². The molecule has 2 aromatic rings. The van der Waals surface area contributed by atoms with Crippen LogP contribution in [0.5, 0.6) is 0 Å². The largest absolute Gasteiger partial charge is 0.465 e. The Morgan fingerprint density at radius 1 is 1.36 bits per heavy atom. The first-order valence-corrected chi connectivity index (χ1v) is 8.40. The zero-order chi connectivity index (χ0) is 18.2. The van der Waals surface area contributed by atoms with Crippen LogP contribution in [0.25, 0.3) is 0 Å². The van der Waals surface area contributed by atoms with Crippen molar-refractivity contribution in [3.63, 3.8) is 0 Å². The smallest absolute Gasteiger partial charge is 0.339 e. The SMILES string of the molecule is CCOC(=O)Cn1c(Cl)c(/C=N/NC(=O)Nc2ccccc2)sc1=O. The highest BCUT2D eigenvalue weighted by Crippen LogP contribution is 2.16. The van der Waals surface area contributed by atoms with Crippen LogP contribution in [0.15, 0.2) is 40.2 Å². The second-order valence-corrected chi connectivity index (χ2v) is 5.96. The Morgan fingerprint density at radius 2 is 2.08 bits per heavy atom. The number of thiazole rings is 1. The molecular formula is C15H15ClN4O4S. The number of esters is 1. The van der Waals surface area contributed by atoms with Crippen molar-refractivity contribution in [2.75, 3.05) is 11.9 Å². The number of hydrazone groups is 1. The van der Waals surface area contributed by atoms with Crippen LogP contribution in [0.2, 0.25) is 5.15 Å². The maximum absolute atomic E-state index is 11.9. The van der Waals surface area contributed by atoms with Crippen LogP contribution < -0.4 is 15.6 Å². The third kappa shape index (κ3) is 5.44. The molecule has 1 heterocycles. The van der Waals surface area contributed by atoms with E-state index < -0.39 is 16.9 Å². The monoisotopic (exact) mass is 382 g/mol. The zero-order valence-electron chi connectivity index (χ0n) is 13.2. The minimum absolute atomic E-state index is 0.0528. The Labute approximate surface area is 152 Å². The lowest BCUT2D eigenvalue weighted by Gasteiger charge is -2.03. The Balaban J connectivity index is 1.98. The molecule has 2 N–H and O–H groups in total. The first-order valence-electron chi connectivity index (χ1n) is 7.21. The van der Waals surface area contributed by atoms with Crippen LogP contribution in [-0.2, 0) is 16.1 Å². The second-order valence-electron chi connectivity index (χ2n) is 4.60. The number of rotatable bonds is 6. The third-order valence-corrected chi connectivity index (χ3v) is 4.26. The molecule has 0 fully saturated rings. The van der Waals surface area contributed by atoms with Gasteiger partial charge in [-0.1, -0.05) is 41.1 Å². The van der Waals surface area contributed by atoms with Gasteiger partial charge in [0, 0.05) is 5.69 Å². The lowest BCUT2D eigenvalue weighted by molar-refractivity contribution is -0.143. The highest BCUT2D eigenvalue weighted by atomic mass is 35.5. The van der Waals surface area contributed by atoms with Crippen LogP contribution in [0.3, 0.4) is 0 Å². The minimum Gasteiger partial charge on any atom is -0.465 e. The average molecular weight is 383 g/mol. The van der Waals surface area contributed by atoms with Gasteiger partial charge in [0.15, 0.2) is 0 Å². The number of benzene rings is 1. The Kier molecular flexibility index (Phi) is 6.72. The van der Waals surface area contributed by atoms with Crippen molar-refractivity contribution in [1.82, 2.24) is 9.99 Å². The van der Waals surface area contributed by atoms with E-state index >= 15 is 0 Å². The molecule has 0 spiro atoms. The molecule has 25 heavy (non-hydrogen) atoms. The summed E-state index contributed by atoms with van der Waals surface area (Å²) in [4.78, 5) is 34.9. The number of nitrogens with one attached hydrogen (secondary N) is 2. The number of aromatic nitrogens is 1. The molecule has 1 aromatic heterocycles. The highest BCUT2D eigenvalue weighted by molar-refractivity contribution is 7.11. The Morgan fingerprint density at radius 3 is 2.76 bits per heavy atom. The molecule has 0 aliphatic heterocycles. The molecule has 0 saturated carbocycles. The molecule has 8 nitrogen and oxygen atoms in total. The number of urea groups is 1. The summed E-state index contributed by atoms with van der Waals surface area (Å²) >= 11 is 6.87. The van der Waals surface area contributed by atoms with E-state index in [0.29, 0.717) is 10.6 Å². The van der Waals surface area contributed by atoms with Crippen LogP contribution >= 0.6 is 22.9 Å². The number of halogens is 1. The maximum Gasteiger partial charge on any atom is 0.339 e. The summed E-state index contributed by atoms with van der Waals surface area (Å²) in [5.74, 6) is -0.562. The Bertz CT molecular complexity index is 832. The molecule has 0 bridgehead atoms. The summed E-state index contributed by atoms with van der Waals surface area (Å²) in [6, 6.07) is 8.29. The highest BCUT2D eigenvalue weighted by Gasteiger charge is 2.15. The van der Waals surface area contributed by atoms with E-state index in [1.165, 1.54) is 6.21 Å². The molecule has 0 unspecified atom stereocenters. The van der Waals surface area contributed by atoms with Crippen molar-refractivity contribution in [3.05, 3.63) is 50.0 Å². The number of hydrogen-bond acceptors (Lipinski definition) is 6. The summed E-state index contributed by atoms with van der Waals surface area (Å²) in [5.41, 5.74) is 2.87. The van der Waals surface area contributed by atoms with Gasteiger partial charge in [-0.2, -0.15) is 5.10 Å². The van der Waals surface area contributed by atoms with Gasteiger partial charge in [0.2, 0.25) is 0 Å². The fourth-order valence-corrected chi connectivity index (χ4v) is 2.89. The predicted molar refractivity (Wildman–Crippen MR) is 96.4 cm³/mol. The van der Waals surface area contributed by atoms with Gasteiger partial charge in [-0.05, 0) is 19.1 Å². The van der Waals surface area contributed by atoms with Crippen LogP contribution in [-0.4, -0.2) is 29.4 Å². The van der Waals surface area contributed by atoms with Gasteiger partial charge in [-0.3, -0.25) is 14.2 Å². The molecular weight excluding hydrogens is 368 g/mol. The van der Waals surface area contributed by atoms with E-state index in [0.717, 1.165) is 15.9 Å². The topological polar surface area (TPSA) is 102 Å². The zero-order valence-corrected chi connectivity index (χ0v) is 14.8. The van der Waals surface area contributed by atoms with E-state index in [4.69, 9.17) is 16.3 Å². The number of anilines is 1. The van der Waals surface area contributed by atoms with Gasteiger partial charge >= 0.3 is 16.9 Å². The number of nitrogens with zero attached hydrogens (tertiary/aromatic N) is 2. The fraction of sp³-hybridized carbons (Fsp3) is 0.200. The maximum atomic E-state index is 11.9. The molecule has 0 radical (unpaired) electrons. The average Bonchev–Trinajstić information content (AvgIpc) is 2.84. The molecule has 2 rings (SSSR count). The van der Waals surface area contributed by atoms with Crippen molar-refractivity contribution in [2.45, 2.75) is 13.5 Å². The summed E-state index contributed by atoms with van der Waals surface area (Å²) in [5, 5.41) is 6.37. The van der Waals surface area contributed by atoms with Gasteiger partial charge < -0.3 is 10.1 Å². The third-order valence-electron chi connectivity index (χ3n) is 2.83. The van der Waals surface area contributed by atoms with Gasteiger partial charge in [-0.15, -0.1) is 0 Å². The number of carbonyl (C=O) groups is 2. The molecule has 0 saturated heterocycles. The molecule has 2 amide bonds. The first-order chi connectivity index (χ1) is 12.0. The van der Waals surface area contributed by atoms with Crippen LogP contribution in [0.4, 0.5) is 10.5 Å². The van der Waals surface area contributed by atoms with Crippen molar-refractivity contribution in [3.8, 4) is 0 Å². The lowest BCUT2D eigenvalue weighted by Crippen LogP contribution is -2.24. The Hall–Kier alpha value is -2.65. The summed E-state index contributed by atoms with van der Waals surface area (Å²) in [6.45, 7) is 1.60. The molecule has 0 aliphatic carbocycles. The lowest BCUT2D eigenvalue weighted by atomic mass is 10.3. The molecule has 132 valence electrons. The van der Waals surface area contributed by atoms with Gasteiger partial charge in [0.1, 0.15) is 11.7 Å². The van der Waals surface area contributed by atoms with Crippen molar-refractivity contribution in [1.29, 1.82) is 0 Å². The van der Waals surface area contributed by atoms with Crippen LogP contribution in [0, 0.1) is 0 Å². The van der Waals surface area contributed by atoms with Gasteiger partial charge in [0.25, 0.3) is 0 Å². The van der Waals surface area contributed by atoms with Crippen molar-refractivity contribution < 1.29 is 14.3 Å². The number of hydrogen-bond donors (Lipinski definition) is 2. The standard InChI is InChI=1S/C15H15ClN4O4S/c1-2-24-12(21)9-20-13(16)11(25-15(20)23)8-17-19-14(22)18-10-6-4-3-5-7-10/h3-8H,2,9H2,1H3,(H2,18,19,22)/b17-8+. The van der Waals surface area contributed by atoms with Crippen molar-refractivity contribution >= 4 is 46.8 Å². The van der Waals surface area contributed by atoms with E-state index in [9.17, 15) is 14.4 Å². The normalized spacial score (nSPS) is 10.6. The first kappa shape index (κ1) is 18.7. The summed E-state index contributed by atoms with van der Waals surface area (Å²) in [7, 11) is 0.